The van der Waals surface area contributed by atoms with Gasteiger partial charge in [-0.25, -0.2) is 4.98 Å². The van der Waals surface area contributed by atoms with E-state index in [0.717, 1.165) is 41.1 Å². The molecule has 0 saturated heterocycles. The smallest absolute Gasteiger partial charge is 0.161 e. The van der Waals surface area contributed by atoms with E-state index >= 15 is 0 Å². The third-order valence-corrected chi connectivity index (χ3v) is 4.21. The van der Waals surface area contributed by atoms with Crippen LogP contribution in [0.3, 0.4) is 0 Å². The normalized spacial score (nSPS) is 21.4. The van der Waals surface area contributed by atoms with Crippen LogP contribution in [0.5, 0.6) is 0 Å². The summed E-state index contributed by atoms with van der Waals surface area (Å²) in [4.78, 5) is 16.2. The zero-order valence-corrected chi connectivity index (χ0v) is 11.6. The van der Waals surface area contributed by atoms with E-state index < -0.39 is 0 Å². The first-order valence-electron chi connectivity index (χ1n) is 6.21. The number of carbonyl (C=O) groups is 1. The first-order valence-corrected chi connectivity index (χ1v) is 7.02. The largest absolute Gasteiger partial charge is 0.297 e. The summed E-state index contributed by atoms with van der Waals surface area (Å²) in [6.45, 7) is 4.06. The molecule has 1 aliphatic carbocycles. The molecule has 94 valence electrons. The van der Waals surface area contributed by atoms with Crippen LogP contribution in [0.15, 0.2) is 29.9 Å². The Morgan fingerprint density at radius 1 is 1.50 bits per heavy atom. The summed E-state index contributed by atoms with van der Waals surface area (Å²) in [5.74, 6) is 0. The van der Waals surface area contributed by atoms with E-state index in [4.69, 9.17) is 0 Å². The van der Waals surface area contributed by atoms with Crippen molar-refractivity contribution in [2.75, 3.05) is 0 Å². The standard InChI is InChI=1S/C15H17NOS/c1-3-12-7-5-4-6-8-13(9-12)15-16-11(2)14(10-17)18-15/h4-5,7-8,10H,3,6,9H2,1-2H3/b5-4?,12-7-,13-8+. The van der Waals surface area contributed by atoms with Gasteiger partial charge in [-0.2, -0.15) is 0 Å². The summed E-state index contributed by atoms with van der Waals surface area (Å²) in [5.41, 5.74) is 3.48. The van der Waals surface area contributed by atoms with E-state index in [1.807, 2.05) is 6.92 Å². The molecular weight excluding hydrogens is 242 g/mol. The minimum atomic E-state index is 0.741. The Balaban J connectivity index is 2.33. The van der Waals surface area contributed by atoms with Gasteiger partial charge in [0.1, 0.15) is 5.01 Å². The fourth-order valence-electron chi connectivity index (χ4n) is 1.93. The van der Waals surface area contributed by atoms with E-state index in [0.29, 0.717) is 0 Å². The predicted molar refractivity (Wildman–Crippen MR) is 77.0 cm³/mol. The first-order chi connectivity index (χ1) is 8.74. The molecule has 1 aromatic heterocycles. The lowest BCUT2D eigenvalue weighted by molar-refractivity contribution is 0.112. The van der Waals surface area contributed by atoms with Gasteiger partial charge < -0.3 is 0 Å². The van der Waals surface area contributed by atoms with Crippen LogP contribution >= 0.6 is 11.3 Å². The van der Waals surface area contributed by atoms with Gasteiger partial charge in [0.15, 0.2) is 6.29 Å². The average molecular weight is 259 g/mol. The highest BCUT2D eigenvalue weighted by atomic mass is 32.1. The highest BCUT2D eigenvalue weighted by Gasteiger charge is 2.12. The second kappa shape index (κ2) is 5.91. The zero-order chi connectivity index (χ0) is 13.0. The Kier molecular flexibility index (Phi) is 4.26. The molecule has 2 rings (SSSR count). The molecule has 0 N–H and O–H groups in total. The maximum absolute atomic E-state index is 10.9. The van der Waals surface area contributed by atoms with Crippen LogP contribution in [0, 0.1) is 6.92 Å². The molecule has 2 nitrogen and oxygen atoms in total. The van der Waals surface area contributed by atoms with Crippen molar-refractivity contribution in [2.24, 2.45) is 0 Å². The number of thiazole rings is 1. The highest BCUT2D eigenvalue weighted by Crippen LogP contribution is 2.30. The molecule has 0 atom stereocenters. The Morgan fingerprint density at radius 2 is 2.33 bits per heavy atom. The summed E-state index contributed by atoms with van der Waals surface area (Å²) in [5, 5.41) is 0.990. The molecule has 0 radical (unpaired) electrons. The molecule has 0 unspecified atom stereocenters. The monoisotopic (exact) mass is 259 g/mol. The minimum Gasteiger partial charge on any atom is -0.297 e. The number of hydrogen-bond donors (Lipinski definition) is 0. The molecule has 0 fully saturated rings. The Bertz CT molecular complexity index is 535. The second-order valence-electron chi connectivity index (χ2n) is 4.33. The van der Waals surface area contributed by atoms with Crippen LogP contribution < -0.4 is 0 Å². The molecule has 3 heteroatoms. The van der Waals surface area contributed by atoms with Gasteiger partial charge in [-0.05, 0) is 31.8 Å². The lowest BCUT2D eigenvalue weighted by atomic mass is 10.0. The molecule has 1 heterocycles. The maximum atomic E-state index is 10.9. The third-order valence-electron chi connectivity index (χ3n) is 3.05. The fourth-order valence-corrected chi connectivity index (χ4v) is 2.85. The fraction of sp³-hybridized carbons (Fsp3) is 0.333. The van der Waals surface area contributed by atoms with Gasteiger partial charge in [0.05, 0.1) is 10.6 Å². The predicted octanol–water partition coefficient (Wildman–Crippen LogP) is 4.33. The van der Waals surface area contributed by atoms with Crippen LogP contribution in [0.25, 0.3) is 5.57 Å². The zero-order valence-electron chi connectivity index (χ0n) is 10.8. The van der Waals surface area contributed by atoms with E-state index in [9.17, 15) is 4.79 Å². The molecule has 0 bridgehead atoms. The van der Waals surface area contributed by atoms with Crippen molar-refractivity contribution in [2.45, 2.75) is 33.1 Å². The van der Waals surface area contributed by atoms with Crippen molar-refractivity contribution in [1.29, 1.82) is 0 Å². The lowest BCUT2D eigenvalue weighted by Crippen LogP contribution is -1.90. The van der Waals surface area contributed by atoms with Crippen molar-refractivity contribution >= 4 is 23.2 Å². The molecule has 0 amide bonds. The van der Waals surface area contributed by atoms with Crippen LogP contribution in [-0.4, -0.2) is 11.3 Å². The molecule has 0 saturated carbocycles. The number of carbonyl (C=O) groups excluding carboxylic acids is 1. The van der Waals surface area contributed by atoms with Gasteiger partial charge in [0.2, 0.25) is 0 Å². The number of aldehydes is 1. The number of allylic oxidation sites excluding steroid dienone is 6. The van der Waals surface area contributed by atoms with Gasteiger partial charge in [-0.1, -0.05) is 36.8 Å². The molecule has 1 aliphatic rings. The van der Waals surface area contributed by atoms with Gasteiger partial charge in [-0.15, -0.1) is 11.3 Å². The number of nitrogens with zero attached hydrogens (tertiary/aromatic N) is 1. The van der Waals surface area contributed by atoms with Crippen molar-refractivity contribution in [3.8, 4) is 0 Å². The van der Waals surface area contributed by atoms with Crippen LogP contribution in [0.4, 0.5) is 0 Å². The topological polar surface area (TPSA) is 30.0 Å². The number of aryl methyl sites for hydroxylation is 1. The lowest BCUT2D eigenvalue weighted by Gasteiger charge is -2.08. The Labute approximate surface area is 112 Å². The van der Waals surface area contributed by atoms with E-state index in [2.05, 4.69) is 36.2 Å². The molecule has 0 spiro atoms. The molecule has 18 heavy (non-hydrogen) atoms. The van der Waals surface area contributed by atoms with Gasteiger partial charge >= 0.3 is 0 Å². The number of aromatic nitrogens is 1. The summed E-state index contributed by atoms with van der Waals surface area (Å²) in [6.07, 6.45) is 12.5. The second-order valence-corrected chi connectivity index (χ2v) is 5.37. The maximum Gasteiger partial charge on any atom is 0.161 e. The van der Waals surface area contributed by atoms with E-state index in [1.165, 1.54) is 22.5 Å². The number of hydrogen-bond acceptors (Lipinski definition) is 3. The summed E-state index contributed by atoms with van der Waals surface area (Å²) in [6, 6.07) is 0. The van der Waals surface area contributed by atoms with Crippen molar-refractivity contribution in [3.63, 3.8) is 0 Å². The average Bonchev–Trinajstić information content (AvgIpc) is 2.70. The van der Waals surface area contributed by atoms with E-state index in [-0.39, 0.29) is 0 Å². The van der Waals surface area contributed by atoms with Crippen LogP contribution in [0.1, 0.15) is 46.6 Å². The minimum absolute atomic E-state index is 0.741. The summed E-state index contributed by atoms with van der Waals surface area (Å²) in [7, 11) is 0. The van der Waals surface area contributed by atoms with Crippen molar-refractivity contribution in [3.05, 3.63) is 45.5 Å². The Hall–Kier alpha value is -1.48. The summed E-state index contributed by atoms with van der Waals surface area (Å²) < 4.78 is 0. The molecule has 0 aliphatic heterocycles. The Morgan fingerprint density at radius 3 is 3.00 bits per heavy atom. The van der Waals surface area contributed by atoms with Crippen molar-refractivity contribution in [1.82, 2.24) is 4.98 Å². The van der Waals surface area contributed by atoms with E-state index in [1.54, 1.807) is 0 Å². The SMILES string of the molecule is CC/C1=C/C=CC/C=C(/c2nc(C)c(C=O)s2)C1. The first kappa shape index (κ1) is 13.0. The quantitative estimate of drug-likeness (QED) is 0.756. The van der Waals surface area contributed by atoms with Crippen molar-refractivity contribution < 1.29 is 4.79 Å². The molecule has 0 aromatic carbocycles. The van der Waals surface area contributed by atoms with Crippen LogP contribution in [-0.2, 0) is 0 Å². The molecule has 1 aromatic rings. The van der Waals surface area contributed by atoms with Gasteiger partial charge in [0, 0.05) is 0 Å². The summed E-state index contributed by atoms with van der Waals surface area (Å²) >= 11 is 1.50. The van der Waals surface area contributed by atoms with Gasteiger partial charge in [-0.3, -0.25) is 4.79 Å². The number of rotatable bonds is 3. The van der Waals surface area contributed by atoms with Gasteiger partial charge in [0.25, 0.3) is 0 Å². The molecular formula is C15H17NOS. The third kappa shape index (κ3) is 2.85. The highest BCUT2D eigenvalue weighted by molar-refractivity contribution is 7.14. The van der Waals surface area contributed by atoms with Crippen LogP contribution in [0.2, 0.25) is 0 Å².